The fourth-order valence-electron chi connectivity index (χ4n) is 2.45. The lowest BCUT2D eigenvalue weighted by Crippen LogP contribution is -2.10. The van der Waals surface area contributed by atoms with E-state index in [0.29, 0.717) is 13.1 Å². The first-order valence-electron chi connectivity index (χ1n) is 7.40. The molecule has 0 saturated carbocycles. The van der Waals surface area contributed by atoms with Crippen LogP contribution in [0.1, 0.15) is 27.7 Å². The van der Waals surface area contributed by atoms with Crippen LogP contribution in [0.15, 0.2) is 17.1 Å². The van der Waals surface area contributed by atoms with E-state index in [-0.39, 0.29) is 17.0 Å². The first kappa shape index (κ1) is 15.5. The second-order valence-corrected chi connectivity index (χ2v) is 8.84. The molecule has 1 aromatic rings. The van der Waals surface area contributed by atoms with E-state index in [1.165, 1.54) is 6.20 Å². The number of nitrogens with zero attached hydrogens (tertiary/aromatic N) is 6. The van der Waals surface area contributed by atoms with Crippen molar-refractivity contribution in [1.82, 2.24) is 18.9 Å². The Hall–Kier alpha value is -1.37. The van der Waals surface area contributed by atoms with Gasteiger partial charge in [0.25, 0.3) is 0 Å². The second kappa shape index (κ2) is 5.08. The molecule has 0 bridgehead atoms. The highest BCUT2D eigenvalue weighted by atomic mass is 31.1. The molecule has 2 atom stereocenters. The lowest BCUT2D eigenvalue weighted by molar-refractivity contribution is -0.396. The number of hydrogen-bond donors (Lipinski definition) is 0. The SMILES string of the molecule is CC1(C)CN1[P+](=NCCn1ccnc1[N+](=O)[O-])N1CC1(C)C. The molecule has 2 unspecified atom stereocenters. The van der Waals surface area contributed by atoms with Crippen molar-refractivity contribution < 1.29 is 4.92 Å². The third-order valence-electron chi connectivity index (χ3n) is 4.12. The van der Waals surface area contributed by atoms with Gasteiger partial charge in [-0.25, -0.2) is 4.57 Å². The minimum absolute atomic E-state index is 0.112. The van der Waals surface area contributed by atoms with Gasteiger partial charge in [-0.3, -0.25) is 0 Å². The molecule has 2 aliphatic rings. The highest BCUT2D eigenvalue weighted by Gasteiger charge is 2.65. The molecule has 120 valence electrons. The maximum atomic E-state index is 10.9. The Labute approximate surface area is 130 Å². The lowest BCUT2D eigenvalue weighted by atomic mass is 10.2. The molecule has 22 heavy (non-hydrogen) atoms. The molecular formula is C13H22N6O2P+. The van der Waals surface area contributed by atoms with Crippen molar-refractivity contribution in [1.29, 1.82) is 0 Å². The summed E-state index contributed by atoms with van der Waals surface area (Å²) in [6.45, 7) is 12.1. The van der Waals surface area contributed by atoms with E-state index in [0.717, 1.165) is 13.1 Å². The maximum absolute atomic E-state index is 10.9. The van der Waals surface area contributed by atoms with Gasteiger partial charge in [0.15, 0.2) is 0 Å². The molecule has 0 aliphatic carbocycles. The first-order valence-corrected chi connectivity index (χ1v) is 8.60. The van der Waals surface area contributed by atoms with Crippen molar-refractivity contribution in [3.8, 4) is 0 Å². The average molecular weight is 325 g/mol. The van der Waals surface area contributed by atoms with Gasteiger partial charge in [0, 0.05) is 0 Å². The van der Waals surface area contributed by atoms with Crippen molar-refractivity contribution in [2.45, 2.75) is 45.3 Å². The fourth-order valence-corrected chi connectivity index (χ4v) is 5.19. The van der Waals surface area contributed by atoms with Crippen LogP contribution in [0, 0.1) is 10.1 Å². The topological polar surface area (TPSA) is 79.3 Å². The monoisotopic (exact) mass is 325 g/mol. The van der Waals surface area contributed by atoms with Crippen LogP contribution in [0.25, 0.3) is 0 Å². The molecule has 1 aromatic heterocycles. The van der Waals surface area contributed by atoms with Crippen LogP contribution in [0.3, 0.4) is 0 Å². The molecule has 8 nitrogen and oxygen atoms in total. The molecule has 0 aromatic carbocycles. The second-order valence-electron chi connectivity index (χ2n) is 7.05. The van der Waals surface area contributed by atoms with Gasteiger partial charge in [-0.1, -0.05) is 19.1 Å². The normalized spacial score (nSPS) is 28.1. The first-order chi connectivity index (χ1) is 10.2. The molecule has 0 radical (unpaired) electrons. The van der Waals surface area contributed by atoms with Gasteiger partial charge in [-0.05, 0) is 32.6 Å². The van der Waals surface area contributed by atoms with E-state index in [1.54, 1.807) is 10.8 Å². The van der Waals surface area contributed by atoms with Gasteiger partial charge in [-0.15, -0.1) is 0 Å². The third-order valence-corrected chi connectivity index (χ3v) is 6.80. The molecule has 0 spiro atoms. The molecular weight excluding hydrogens is 303 g/mol. The van der Waals surface area contributed by atoms with Gasteiger partial charge < -0.3 is 10.1 Å². The van der Waals surface area contributed by atoms with E-state index in [9.17, 15) is 10.1 Å². The molecule has 2 aliphatic heterocycles. The van der Waals surface area contributed by atoms with Crippen molar-refractivity contribution in [2.24, 2.45) is 4.74 Å². The van der Waals surface area contributed by atoms with Gasteiger partial charge in [0.05, 0.1) is 30.7 Å². The van der Waals surface area contributed by atoms with Gasteiger partial charge >= 0.3 is 14.0 Å². The van der Waals surface area contributed by atoms with Gasteiger partial charge in [0.2, 0.25) is 0 Å². The highest BCUT2D eigenvalue weighted by molar-refractivity contribution is 7.43. The molecule has 3 rings (SSSR count). The Bertz CT molecular complexity index is 614. The third kappa shape index (κ3) is 2.91. The molecule has 2 saturated heterocycles. The number of rotatable bonds is 6. The summed E-state index contributed by atoms with van der Waals surface area (Å²) in [6, 6.07) is 0. The predicted octanol–water partition coefficient (Wildman–Crippen LogP) is 2.48. The Morgan fingerprint density at radius 3 is 2.32 bits per heavy atom. The number of imidazole rings is 1. The minimum Gasteiger partial charge on any atom is -0.390 e. The van der Waals surface area contributed by atoms with Crippen LogP contribution < -0.4 is 0 Å². The molecule has 0 amide bonds. The van der Waals surface area contributed by atoms with Crippen molar-refractivity contribution in [3.05, 3.63) is 22.5 Å². The van der Waals surface area contributed by atoms with E-state index in [2.05, 4.69) is 42.0 Å². The summed E-state index contributed by atoms with van der Waals surface area (Å²) in [5.74, 6) is -0.112. The number of aromatic nitrogens is 2. The van der Waals surface area contributed by atoms with Crippen LogP contribution in [-0.2, 0) is 6.54 Å². The molecule has 2 fully saturated rings. The lowest BCUT2D eigenvalue weighted by Gasteiger charge is -2.02. The molecule has 0 N–H and O–H groups in total. The van der Waals surface area contributed by atoms with Gasteiger partial charge in [-0.2, -0.15) is 0 Å². The van der Waals surface area contributed by atoms with Crippen LogP contribution in [0.5, 0.6) is 0 Å². The molecule has 3 heterocycles. The Morgan fingerprint density at radius 2 is 1.86 bits per heavy atom. The van der Waals surface area contributed by atoms with E-state index >= 15 is 0 Å². The van der Waals surface area contributed by atoms with Crippen LogP contribution in [0.2, 0.25) is 0 Å². The summed E-state index contributed by atoms with van der Waals surface area (Å²) in [4.78, 5) is 14.2. The Kier molecular flexibility index (Phi) is 3.58. The Morgan fingerprint density at radius 1 is 1.32 bits per heavy atom. The number of hydrogen-bond acceptors (Lipinski definition) is 4. The standard InChI is InChI=1S/C13H22N6O2P/c1-12(2)9-17(12)22(18-10-13(18,3)4)15-6-8-16-7-5-14-11(16)19(20)21/h5,7H,6,8-10H2,1-4H3/q+1. The largest absolute Gasteiger partial charge is 0.434 e. The quantitative estimate of drug-likeness (QED) is 0.347. The predicted molar refractivity (Wildman–Crippen MR) is 84.7 cm³/mol. The summed E-state index contributed by atoms with van der Waals surface area (Å²) in [5.41, 5.74) is 0.462. The van der Waals surface area contributed by atoms with Crippen molar-refractivity contribution in [3.63, 3.8) is 0 Å². The van der Waals surface area contributed by atoms with Crippen LogP contribution in [0.4, 0.5) is 5.95 Å². The van der Waals surface area contributed by atoms with Crippen molar-refractivity contribution >= 4 is 14.0 Å². The fraction of sp³-hybridized carbons (Fsp3) is 0.769. The summed E-state index contributed by atoms with van der Waals surface area (Å²) in [5, 5.41) is 10.9. The van der Waals surface area contributed by atoms with Crippen molar-refractivity contribution in [2.75, 3.05) is 19.6 Å². The zero-order valence-corrected chi connectivity index (χ0v) is 14.3. The van der Waals surface area contributed by atoms with Crippen LogP contribution >= 0.6 is 8.01 Å². The van der Waals surface area contributed by atoms with E-state index in [1.807, 2.05) is 0 Å². The average Bonchev–Trinajstić information content (AvgIpc) is 3.14. The minimum atomic E-state index is -0.651. The maximum Gasteiger partial charge on any atom is 0.434 e. The smallest absolute Gasteiger partial charge is 0.390 e. The van der Waals surface area contributed by atoms with E-state index in [4.69, 9.17) is 4.74 Å². The van der Waals surface area contributed by atoms with Gasteiger partial charge in [0.1, 0.15) is 18.9 Å². The zero-order chi connectivity index (χ0) is 16.1. The number of nitro groups is 1. The summed E-state index contributed by atoms with van der Waals surface area (Å²) in [7, 11) is -0.651. The summed E-state index contributed by atoms with van der Waals surface area (Å²) >= 11 is 0. The summed E-state index contributed by atoms with van der Waals surface area (Å²) in [6.07, 6.45) is 3.10. The highest BCUT2D eigenvalue weighted by Crippen LogP contribution is 2.58. The molecule has 9 heteroatoms. The van der Waals surface area contributed by atoms with Crippen LogP contribution in [-0.4, -0.2) is 54.5 Å². The zero-order valence-electron chi connectivity index (χ0n) is 13.4. The Balaban J connectivity index is 1.69. The summed E-state index contributed by atoms with van der Waals surface area (Å²) < 4.78 is 11.3. The van der Waals surface area contributed by atoms with E-state index < -0.39 is 12.9 Å².